The molecule has 0 saturated carbocycles. The zero-order chi connectivity index (χ0) is 11.6. The Morgan fingerprint density at radius 2 is 1.88 bits per heavy atom. The maximum Gasteiger partial charge on any atom is 0.162 e. The minimum Gasteiger partial charge on any atom is -0.486 e. The van der Waals surface area contributed by atoms with Gasteiger partial charge >= 0.3 is 0 Å². The van der Waals surface area contributed by atoms with E-state index in [1.807, 2.05) is 32.0 Å². The number of rotatable bonds is 0. The Kier molecular flexibility index (Phi) is 2.76. The Morgan fingerprint density at radius 3 is 2.56 bits per heavy atom. The van der Waals surface area contributed by atoms with Crippen LogP contribution in [0, 0.1) is 11.8 Å². The predicted molar refractivity (Wildman–Crippen MR) is 62.6 cm³/mol. The van der Waals surface area contributed by atoms with Crippen molar-refractivity contribution in [2.75, 3.05) is 13.2 Å². The van der Waals surface area contributed by atoms with E-state index in [9.17, 15) is 0 Å². The quantitative estimate of drug-likeness (QED) is 0.670. The molecule has 84 valence electrons. The van der Waals surface area contributed by atoms with Crippen LogP contribution in [-0.4, -0.2) is 18.8 Å². The number of benzene rings is 1. The highest BCUT2D eigenvalue weighted by molar-refractivity contribution is 5.49. The molecule has 0 atom stereocenters. The van der Waals surface area contributed by atoms with Crippen LogP contribution in [-0.2, 0) is 0 Å². The van der Waals surface area contributed by atoms with Gasteiger partial charge in [0.25, 0.3) is 0 Å². The van der Waals surface area contributed by atoms with Crippen LogP contribution in [0.3, 0.4) is 0 Å². The first-order valence-corrected chi connectivity index (χ1v) is 5.26. The summed E-state index contributed by atoms with van der Waals surface area (Å²) in [6, 6.07) is 5.67. The summed E-state index contributed by atoms with van der Waals surface area (Å²) in [6.45, 7) is 4.94. The molecule has 1 aliphatic heterocycles. The molecule has 0 saturated heterocycles. The summed E-state index contributed by atoms with van der Waals surface area (Å²) in [6.07, 6.45) is 0. The number of nitrogens with two attached hydrogens (primary N) is 1. The number of ether oxygens (including phenoxy) is 2. The molecule has 2 rings (SSSR count). The van der Waals surface area contributed by atoms with Gasteiger partial charge < -0.3 is 15.2 Å². The minimum atomic E-state index is -0.479. The Bertz CT molecular complexity index is 449. The third-order valence-electron chi connectivity index (χ3n) is 2.07. The third kappa shape index (κ3) is 2.68. The lowest BCUT2D eigenvalue weighted by molar-refractivity contribution is 0.171. The van der Waals surface area contributed by atoms with Gasteiger partial charge in [0.15, 0.2) is 11.5 Å². The first kappa shape index (κ1) is 10.8. The largest absolute Gasteiger partial charge is 0.486 e. The zero-order valence-corrected chi connectivity index (χ0v) is 9.54. The van der Waals surface area contributed by atoms with E-state index >= 15 is 0 Å². The third-order valence-corrected chi connectivity index (χ3v) is 2.07. The maximum absolute atomic E-state index is 5.79. The van der Waals surface area contributed by atoms with E-state index in [-0.39, 0.29) is 0 Å². The molecule has 0 radical (unpaired) electrons. The fraction of sp³-hybridized carbons (Fsp3) is 0.385. The van der Waals surface area contributed by atoms with Crippen molar-refractivity contribution in [2.24, 2.45) is 5.73 Å². The van der Waals surface area contributed by atoms with Crippen LogP contribution in [0.15, 0.2) is 18.2 Å². The lowest BCUT2D eigenvalue weighted by atomic mass is 10.1. The van der Waals surface area contributed by atoms with E-state index in [4.69, 9.17) is 15.2 Å². The van der Waals surface area contributed by atoms with Crippen molar-refractivity contribution in [3.63, 3.8) is 0 Å². The average Bonchev–Trinajstić information content (AvgIpc) is 2.25. The van der Waals surface area contributed by atoms with Gasteiger partial charge in [-0.05, 0) is 32.0 Å². The van der Waals surface area contributed by atoms with Gasteiger partial charge in [-0.1, -0.05) is 11.8 Å². The van der Waals surface area contributed by atoms with Crippen LogP contribution in [0.2, 0.25) is 0 Å². The summed E-state index contributed by atoms with van der Waals surface area (Å²) in [5.74, 6) is 7.54. The predicted octanol–water partition coefficient (Wildman–Crippen LogP) is 1.55. The van der Waals surface area contributed by atoms with E-state index < -0.39 is 5.54 Å². The van der Waals surface area contributed by atoms with Crippen LogP contribution in [0.5, 0.6) is 11.5 Å². The topological polar surface area (TPSA) is 44.5 Å². The molecular weight excluding hydrogens is 202 g/mol. The van der Waals surface area contributed by atoms with Gasteiger partial charge in [0.2, 0.25) is 0 Å². The Hall–Kier alpha value is -1.66. The van der Waals surface area contributed by atoms with E-state index in [0.29, 0.717) is 13.2 Å². The number of fused-ring (bicyclic) bond motifs is 1. The fourth-order valence-electron chi connectivity index (χ4n) is 1.35. The van der Waals surface area contributed by atoms with Gasteiger partial charge in [0, 0.05) is 5.56 Å². The second-order valence-electron chi connectivity index (χ2n) is 4.33. The zero-order valence-electron chi connectivity index (χ0n) is 9.54. The fourth-order valence-corrected chi connectivity index (χ4v) is 1.35. The maximum atomic E-state index is 5.79. The molecule has 0 aliphatic carbocycles. The Labute approximate surface area is 95.5 Å². The van der Waals surface area contributed by atoms with Gasteiger partial charge in [0.1, 0.15) is 13.2 Å². The summed E-state index contributed by atoms with van der Waals surface area (Å²) in [5.41, 5.74) is 6.20. The molecule has 0 spiro atoms. The van der Waals surface area contributed by atoms with E-state index in [1.54, 1.807) is 0 Å². The van der Waals surface area contributed by atoms with Crippen LogP contribution < -0.4 is 15.2 Å². The molecule has 3 nitrogen and oxygen atoms in total. The molecule has 3 heteroatoms. The lowest BCUT2D eigenvalue weighted by Crippen LogP contribution is -2.29. The summed E-state index contributed by atoms with van der Waals surface area (Å²) < 4.78 is 10.9. The van der Waals surface area contributed by atoms with Crippen molar-refractivity contribution in [1.82, 2.24) is 0 Å². The van der Waals surface area contributed by atoms with Gasteiger partial charge in [-0.2, -0.15) is 0 Å². The molecule has 0 aromatic heterocycles. The first-order chi connectivity index (χ1) is 7.54. The molecule has 1 aromatic rings. The van der Waals surface area contributed by atoms with Crippen molar-refractivity contribution in [3.05, 3.63) is 23.8 Å². The van der Waals surface area contributed by atoms with Crippen molar-refractivity contribution in [2.45, 2.75) is 19.4 Å². The number of hydrogen-bond donors (Lipinski definition) is 1. The molecular formula is C13H15NO2. The number of hydrogen-bond acceptors (Lipinski definition) is 3. The van der Waals surface area contributed by atoms with Crippen molar-refractivity contribution in [3.8, 4) is 23.3 Å². The smallest absolute Gasteiger partial charge is 0.162 e. The second-order valence-corrected chi connectivity index (χ2v) is 4.33. The van der Waals surface area contributed by atoms with Gasteiger partial charge in [-0.3, -0.25) is 0 Å². The van der Waals surface area contributed by atoms with Crippen molar-refractivity contribution >= 4 is 0 Å². The van der Waals surface area contributed by atoms with Crippen molar-refractivity contribution < 1.29 is 9.47 Å². The van der Waals surface area contributed by atoms with E-state index in [0.717, 1.165) is 17.1 Å². The molecule has 16 heavy (non-hydrogen) atoms. The molecule has 2 N–H and O–H groups in total. The van der Waals surface area contributed by atoms with E-state index in [1.165, 1.54) is 0 Å². The summed E-state index contributed by atoms with van der Waals surface area (Å²) in [4.78, 5) is 0. The highest BCUT2D eigenvalue weighted by atomic mass is 16.6. The molecule has 0 unspecified atom stereocenters. The monoisotopic (exact) mass is 217 g/mol. The SMILES string of the molecule is CC(C)(N)C#Cc1ccc2c(c1)OCCO2. The molecule has 0 bridgehead atoms. The van der Waals surface area contributed by atoms with Crippen LogP contribution >= 0.6 is 0 Å². The highest BCUT2D eigenvalue weighted by Crippen LogP contribution is 2.30. The Morgan fingerprint density at radius 1 is 1.19 bits per heavy atom. The van der Waals surface area contributed by atoms with Gasteiger partial charge in [0.05, 0.1) is 5.54 Å². The van der Waals surface area contributed by atoms with Gasteiger partial charge in [-0.15, -0.1) is 0 Å². The normalized spacial score (nSPS) is 13.9. The summed E-state index contributed by atoms with van der Waals surface area (Å²) in [5, 5.41) is 0. The summed E-state index contributed by atoms with van der Waals surface area (Å²) in [7, 11) is 0. The Balaban J connectivity index is 2.26. The summed E-state index contributed by atoms with van der Waals surface area (Å²) >= 11 is 0. The van der Waals surface area contributed by atoms with Crippen LogP contribution in [0.4, 0.5) is 0 Å². The molecule has 0 amide bonds. The minimum absolute atomic E-state index is 0.479. The highest BCUT2D eigenvalue weighted by Gasteiger charge is 2.11. The van der Waals surface area contributed by atoms with E-state index in [2.05, 4.69) is 11.8 Å². The molecule has 1 heterocycles. The van der Waals surface area contributed by atoms with Gasteiger partial charge in [-0.25, -0.2) is 0 Å². The molecule has 0 fully saturated rings. The van der Waals surface area contributed by atoms with Crippen molar-refractivity contribution in [1.29, 1.82) is 0 Å². The standard InChI is InChI=1S/C13H15NO2/c1-13(2,14)6-5-10-3-4-11-12(9-10)16-8-7-15-11/h3-4,9H,7-8,14H2,1-2H3. The first-order valence-electron chi connectivity index (χ1n) is 5.26. The average molecular weight is 217 g/mol. The van der Waals surface area contributed by atoms with Crippen LogP contribution in [0.25, 0.3) is 0 Å². The molecule has 1 aromatic carbocycles. The lowest BCUT2D eigenvalue weighted by Gasteiger charge is -2.18. The van der Waals surface area contributed by atoms with Crippen LogP contribution in [0.1, 0.15) is 19.4 Å². The molecule has 1 aliphatic rings. The second kappa shape index (κ2) is 4.07.